The standard InChI is InChI=1S/C16H19BN4O2/c1-11-6-7-12(8-14(11)21-20-13(9-18)10-19)17-22-15(2,3)16(4,5)23-17/h6-8,21H,1-5H3. The minimum atomic E-state index is -0.475. The van der Waals surface area contributed by atoms with Gasteiger partial charge in [-0.1, -0.05) is 12.1 Å². The van der Waals surface area contributed by atoms with Gasteiger partial charge in [0.2, 0.25) is 5.71 Å². The lowest BCUT2D eigenvalue weighted by molar-refractivity contribution is 0.00578. The van der Waals surface area contributed by atoms with Crippen molar-refractivity contribution in [3.8, 4) is 12.1 Å². The molecule has 0 atom stereocenters. The van der Waals surface area contributed by atoms with Gasteiger partial charge in [0.05, 0.1) is 16.9 Å². The molecule has 1 N–H and O–H groups in total. The number of rotatable bonds is 3. The predicted molar refractivity (Wildman–Crippen MR) is 89.2 cm³/mol. The predicted octanol–water partition coefficient (Wildman–Crippen LogP) is 2.11. The molecule has 1 aromatic rings. The lowest BCUT2D eigenvalue weighted by Gasteiger charge is -2.32. The van der Waals surface area contributed by atoms with Gasteiger partial charge in [0, 0.05) is 0 Å². The Morgan fingerprint density at radius 3 is 2.22 bits per heavy atom. The second-order valence-corrected chi connectivity index (χ2v) is 6.46. The highest BCUT2D eigenvalue weighted by molar-refractivity contribution is 6.62. The maximum Gasteiger partial charge on any atom is 0.494 e. The summed E-state index contributed by atoms with van der Waals surface area (Å²) >= 11 is 0. The van der Waals surface area contributed by atoms with E-state index >= 15 is 0 Å². The van der Waals surface area contributed by atoms with Crippen molar-refractivity contribution in [2.24, 2.45) is 5.10 Å². The Balaban J connectivity index is 2.27. The fraction of sp³-hybridized carbons (Fsp3) is 0.438. The van der Waals surface area contributed by atoms with E-state index in [0.29, 0.717) is 5.69 Å². The Labute approximate surface area is 136 Å². The number of hydrogen-bond acceptors (Lipinski definition) is 6. The Bertz CT molecular complexity index is 697. The van der Waals surface area contributed by atoms with Crippen LogP contribution in [-0.2, 0) is 9.31 Å². The van der Waals surface area contributed by atoms with Crippen LogP contribution >= 0.6 is 0 Å². The number of nitriles is 2. The normalized spacial score (nSPS) is 18.0. The topological polar surface area (TPSA) is 90.4 Å². The van der Waals surface area contributed by atoms with Crippen LogP contribution in [0.1, 0.15) is 33.3 Å². The monoisotopic (exact) mass is 310 g/mol. The van der Waals surface area contributed by atoms with E-state index in [0.717, 1.165) is 11.0 Å². The molecule has 1 heterocycles. The van der Waals surface area contributed by atoms with Gasteiger partial charge < -0.3 is 9.31 Å². The first-order valence-corrected chi connectivity index (χ1v) is 7.30. The number of hydrazone groups is 1. The average molecular weight is 310 g/mol. The molecule has 0 amide bonds. The molecule has 7 heteroatoms. The van der Waals surface area contributed by atoms with Crippen molar-refractivity contribution in [3.05, 3.63) is 23.8 Å². The largest absolute Gasteiger partial charge is 0.494 e. The summed E-state index contributed by atoms with van der Waals surface area (Å²) in [6, 6.07) is 9.12. The van der Waals surface area contributed by atoms with Crippen LogP contribution in [0.15, 0.2) is 23.3 Å². The molecule has 0 bridgehead atoms. The van der Waals surface area contributed by atoms with Gasteiger partial charge in [-0.3, -0.25) is 5.43 Å². The van der Waals surface area contributed by atoms with Crippen LogP contribution in [0.4, 0.5) is 5.69 Å². The molecule has 6 nitrogen and oxygen atoms in total. The van der Waals surface area contributed by atoms with Crippen molar-refractivity contribution < 1.29 is 9.31 Å². The Kier molecular flexibility index (Phi) is 4.47. The van der Waals surface area contributed by atoms with Crippen LogP contribution in [0.3, 0.4) is 0 Å². The van der Waals surface area contributed by atoms with E-state index in [1.165, 1.54) is 0 Å². The fourth-order valence-electron chi connectivity index (χ4n) is 2.08. The van der Waals surface area contributed by atoms with Crippen LogP contribution in [0.2, 0.25) is 0 Å². The SMILES string of the molecule is Cc1ccc(B2OC(C)(C)C(C)(C)O2)cc1NN=C(C#N)C#N. The summed E-state index contributed by atoms with van der Waals surface area (Å²) in [6.45, 7) is 9.89. The molecule has 1 aliphatic heterocycles. The van der Waals surface area contributed by atoms with Crippen LogP contribution in [0.5, 0.6) is 0 Å². The molecule has 0 saturated carbocycles. The smallest absolute Gasteiger partial charge is 0.399 e. The molecule has 1 aromatic carbocycles. The lowest BCUT2D eigenvalue weighted by Crippen LogP contribution is -2.41. The summed E-state index contributed by atoms with van der Waals surface area (Å²) < 4.78 is 12.0. The minimum Gasteiger partial charge on any atom is -0.399 e. The van der Waals surface area contributed by atoms with Gasteiger partial charge in [0.25, 0.3) is 0 Å². The van der Waals surface area contributed by atoms with Crippen molar-refractivity contribution in [2.75, 3.05) is 5.43 Å². The first kappa shape index (κ1) is 17.0. The van der Waals surface area contributed by atoms with E-state index in [1.54, 1.807) is 12.1 Å². The van der Waals surface area contributed by atoms with Crippen molar-refractivity contribution in [1.29, 1.82) is 10.5 Å². The molecular weight excluding hydrogens is 291 g/mol. The summed E-state index contributed by atoms with van der Waals surface area (Å²) in [7, 11) is -0.475. The number of hydrogen-bond donors (Lipinski definition) is 1. The zero-order valence-corrected chi connectivity index (χ0v) is 14.0. The van der Waals surface area contributed by atoms with Gasteiger partial charge in [-0.15, -0.1) is 0 Å². The molecule has 23 heavy (non-hydrogen) atoms. The summed E-state index contributed by atoms with van der Waals surface area (Å²) in [4.78, 5) is 0. The third-order valence-corrected chi connectivity index (χ3v) is 4.29. The fourth-order valence-corrected chi connectivity index (χ4v) is 2.08. The van der Waals surface area contributed by atoms with Gasteiger partial charge in [-0.25, -0.2) is 0 Å². The summed E-state index contributed by atoms with van der Waals surface area (Å²) in [5.41, 5.74) is 4.17. The molecule has 2 rings (SSSR count). The molecule has 1 fully saturated rings. The van der Waals surface area contributed by atoms with Crippen molar-refractivity contribution >= 4 is 24.0 Å². The van der Waals surface area contributed by atoms with Crippen molar-refractivity contribution in [2.45, 2.75) is 45.8 Å². The van der Waals surface area contributed by atoms with E-state index in [1.807, 2.05) is 52.8 Å². The van der Waals surface area contributed by atoms with Gasteiger partial charge in [-0.05, 0) is 51.7 Å². The molecule has 0 unspecified atom stereocenters. The molecule has 0 aromatic heterocycles. The molecule has 0 aliphatic carbocycles. The molecule has 0 radical (unpaired) electrons. The van der Waals surface area contributed by atoms with E-state index in [-0.39, 0.29) is 5.71 Å². The Morgan fingerprint density at radius 2 is 1.70 bits per heavy atom. The number of nitrogens with one attached hydrogen (secondary N) is 1. The quantitative estimate of drug-likeness (QED) is 0.524. The highest BCUT2D eigenvalue weighted by atomic mass is 16.7. The van der Waals surface area contributed by atoms with Crippen LogP contribution < -0.4 is 10.9 Å². The van der Waals surface area contributed by atoms with E-state index in [9.17, 15) is 0 Å². The van der Waals surface area contributed by atoms with Crippen LogP contribution in [0.25, 0.3) is 0 Å². The van der Waals surface area contributed by atoms with Crippen molar-refractivity contribution in [3.63, 3.8) is 0 Å². The maximum absolute atomic E-state index is 8.73. The number of anilines is 1. The number of benzene rings is 1. The maximum atomic E-state index is 8.73. The average Bonchev–Trinajstić information content (AvgIpc) is 2.70. The second-order valence-electron chi connectivity index (χ2n) is 6.46. The van der Waals surface area contributed by atoms with E-state index in [2.05, 4.69) is 10.5 Å². The first-order chi connectivity index (χ1) is 10.7. The van der Waals surface area contributed by atoms with Crippen molar-refractivity contribution in [1.82, 2.24) is 0 Å². The Morgan fingerprint density at radius 1 is 1.13 bits per heavy atom. The minimum absolute atomic E-state index is 0.231. The Hall–Kier alpha value is -2.35. The number of nitrogens with zero attached hydrogens (tertiary/aromatic N) is 3. The summed E-state index contributed by atoms with van der Waals surface area (Å²) in [5.74, 6) is 0. The molecule has 1 saturated heterocycles. The third kappa shape index (κ3) is 3.37. The van der Waals surface area contributed by atoms with E-state index in [4.69, 9.17) is 19.8 Å². The molecule has 0 spiro atoms. The number of aryl methyl sites for hydroxylation is 1. The highest BCUT2D eigenvalue weighted by Gasteiger charge is 2.51. The summed E-state index contributed by atoms with van der Waals surface area (Å²) in [5, 5.41) is 21.2. The highest BCUT2D eigenvalue weighted by Crippen LogP contribution is 2.36. The van der Waals surface area contributed by atoms with Gasteiger partial charge in [0.1, 0.15) is 12.1 Å². The summed E-state index contributed by atoms with van der Waals surface area (Å²) in [6.07, 6.45) is 0. The molecular formula is C16H19BN4O2. The van der Waals surface area contributed by atoms with Crippen LogP contribution in [-0.4, -0.2) is 24.0 Å². The van der Waals surface area contributed by atoms with Gasteiger partial charge >= 0.3 is 7.12 Å². The second kappa shape index (κ2) is 6.04. The zero-order valence-electron chi connectivity index (χ0n) is 14.0. The molecule has 1 aliphatic rings. The van der Waals surface area contributed by atoms with Gasteiger partial charge in [-0.2, -0.15) is 15.6 Å². The zero-order chi connectivity index (χ0) is 17.3. The third-order valence-electron chi connectivity index (χ3n) is 4.29. The van der Waals surface area contributed by atoms with E-state index < -0.39 is 18.3 Å². The van der Waals surface area contributed by atoms with Crippen LogP contribution in [0, 0.1) is 29.6 Å². The first-order valence-electron chi connectivity index (χ1n) is 7.30. The van der Waals surface area contributed by atoms with Gasteiger partial charge in [0.15, 0.2) is 0 Å². The lowest BCUT2D eigenvalue weighted by atomic mass is 9.78. The molecule has 118 valence electrons.